The number of para-hydroxylation sites is 1. The fourth-order valence-corrected chi connectivity index (χ4v) is 1.69. The van der Waals surface area contributed by atoms with Gasteiger partial charge in [-0.2, -0.15) is 5.10 Å². The Morgan fingerprint density at radius 3 is 2.83 bits per heavy atom. The number of rotatable bonds is 4. The van der Waals surface area contributed by atoms with Crippen LogP contribution in [0, 0.1) is 10.1 Å². The molecule has 7 nitrogen and oxygen atoms in total. The maximum absolute atomic E-state index is 10.9. The highest BCUT2D eigenvalue weighted by molar-refractivity contribution is 5.72. The number of hydrogen-bond acceptors (Lipinski definition) is 5. The Labute approximate surface area is 103 Å². The summed E-state index contributed by atoms with van der Waals surface area (Å²) in [5.74, 6) is 0.359. The largest absolute Gasteiger partial charge is 0.394 e. The third-order valence-electron chi connectivity index (χ3n) is 2.50. The van der Waals surface area contributed by atoms with Crippen LogP contribution in [0.1, 0.15) is 0 Å². The monoisotopic (exact) mass is 248 g/mol. The van der Waals surface area contributed by atoms with Crippen molar-refractivity contribution < 1.29 is 10.0 Å². The highest BCUT2D eigenvalue weighted by atomic mass is 16.6. The Morgan fingerprint density at radius 2 is 2.17 bits per heavy atom. The Balaban J connectivity index is 2.49. The number of aliphatic hydroxyl groups excluding tert-OH is 1. The van der Waals surface area contributed by atoms with E-state index in [0.717, 1.165) is 0 Å². The van der Waals surface area contributed by atoms with Crippen molar-refractivity contribution in [1.29, 1.82) is 0 Å². The zero-order chi connectivity index (χ0) is 13.1. The van der Waals surface area contributed by atoms with E-state index in [1.165, 1.54) is 10.7 Å². The molecule has 1 aromatic carbocycles. The summed E-state index contributed by atoms with van der Waals surface area (Å²) in [6.45, 7) is 0.161. The molecule has 0 spiro atoms. The number of hydrogen-bond donors (Lipinski definition) is 2. The topological polar surface area (TPSA) is 107 Å². The van der Waals surface area contributed by atoms with E-state index in [1.807, 2.05) is 0 Å². The van der Waals surface area contributed by atoms with Gasteiger partial charge in [-0.25, -0.2) is 4.68 Å². The van der Waals surface area contributed by atoms with Crippen LogP contribution >= 0.6 is 0 Å². The molecule has 94 valence electrons. The van der Waals surface area contributed by atoms with E-state index in [1.54, 1.807) is 24.3 Å². The molecule has 0 aliphatic heterocycles. The summed E-state index contributed by atoms with van der Waals surface area (Å²) in [4.78, 5) is 10.5. The van der Waals surface area contributed by atoms with Crippen molar-refractivity contribution in [2.24, 2.45) is 0 Å². The predicted octanol–water partition coefficient (Wildman–Crippen LogP) is 1.03. The Hall–Kier alpha value is -2.41. The Kier molecular flexibility index (Phi) is 3.24. The summed E-state index contributed by atoms with van der Waals surface area (Å²) >= 11 is 0. The van der Waals surface area contributed by atoms with Crippen LogP contribution in [0.15, 0.2) is 30.3 Å². The molecule has 0 saturated heterocycles. The molecule has 1 aromatic heterocycles. The van der Waals surface area contributed by atoms with E-state index < -0.39 is 4.92 Å². The van der Waals surface area contributed by atoms with Crippen LogP contribution in [0.4, 0.5) is 11.5 Å². The molecule has 18 heavy (non-hydrogen) atoms. The molecule has 0 aliphatic carbocycles. The van der Waals surface area contributed by atoms with Crippen molar-refractivity contribution in [3.05, 3.63) is 40.4 Å². The minimum Gasteiger partial charge on any atom is -0.394 e. The maximum Gasteiger partial charge on any atom is 0.278 e. The maximum atomic E-state index is 10.9. The molecular weight excluding hydrogens is 236 g/mol. The fourth-order valence-electron chi connectivity index (χ4n) is 1.69. The average Bonchev–Trinajstić information content (AvgIpc) is 2.71. The lowest BCUT2D eigenvalue weighted by Gasteiger charge is -2.00. The van der Waals surface area contributed by atoms with E-state index in [2.05, 4.69) is 5.10 Å². The number of nitrogens with zero attached hydrogens (tertiary/aromatic N) is 3. The molecule has 7 heteroatoms. The van der Waals surface area contributed by atoms with Gasteiger partial charge in [-0.1, -0.05) is 12.1 Å². The van der Waals surface area contributed by atoms with Crippen LogP contribution in [0.25, 0.3) is 11.3 Å². The van der Waals surface area contributed by atoms with Gasteiger partial charge in [0.05, 0.1) is 23.6 Å². The molecule has 2 rings (SSSR count). The van der Waals surface area contributed by atoms with Crippen LogP contribution in [-0.4, -0.2) is 26.4 Å². The lowest BCUT2D eigenvalue weighted by Crippen LogP contribution is -2.07. The summed E-state index contributed by atoms with van der Waals surface area (Å²) in [5, 5.41) is 23.9. The van der Waals surface area contributed by atoms with Gasteiger partial charge in [-0.15, -0.1) is 0 Å². The smallest absolute Gasteiger partial charge is 0.278 e. The van der Waals surface area contributed by atoms with Gasteiger partial charge in [0.2, 0.25) is 0 Å². The number of aliphatic hydroxyl groups is 1. The molecule has 0 atom stereocenters. The zero-order valence-electron chi connectivity index (χ0n) is 9.48. The minimum atomic E-state index is -0.462. The normalized spacial score (nSPS) is 10.5. The van der Waals surface area contributed by atoms with Crippen LogP contribution in [-0.2, 0) is 6.54 Å². The van der Waals surface area contributed by atoms with Gasteiger partial charge >= 0.3 is 0 Å². The molecule has 1 heterocycles. The van der Waals surface area contributed by atoms with Crippen molar-refractivity contribution in [3.8, 4) is 11.3 Å². The molecule has 0 unspecified atom stereocenters. The first-order valence-electron chi connectivity index (χ1n) is 5.31. The molecule has 0 saturated carbocycles. The summed E-state index contributed by atoms with van der Waals surface area (Å²) in [6, 6.07) is 7.87. The molecule has 0 aliphatic rings. The lowest BCUT2D eigenvalue weighted by molar-refractivity contribution is -0.384. The van der Waals surface area contributed by atoms with E-state index in [-0.39, 0.29) is 18.8 Å². The summed E-state index contributed by atoms with van der Waals surface area (Å²) in [5.41, 5.74) is 6.52. The number of nitro benzene ring substituents is 1. The first-order chi connectivity index (χ1) is 8.63. The Morgan fingerprint density at radius 1 is 1.44 bits per heavy atom. The van der Waals surface area contributed by atoms with Gasteiger partial charge in [0.25, 0.3) is 5.69 Å². The number of anilines is 1. The van der Waals surface area contributed by atoms with Crippen molar-refractivity contribution >= 4 is 11.5 Å². The standard InChI is InChI=1S/C11H12N4O3/c12-11-7-9(13-14(11)5-6-16)8-3-1-2-4-10(8)15(17)18/h1-4,7,16H,5-6,12H2. The second-order valence-electron chi connectivity index (χ2n) is 3.68. The number of nitrogens with two attached hydrogens (primary N) is 1. The van der Waals surface area contributed by atoms with Crippen LogP contribution in [0.5, 0.6) is 0 Å². The Bertz CT molecular complexity index is 579. The molecule has 0 fully saturated rings. The van der Waals surface area contributed by atoms with E-state index >= 15 is 0 Å². The van der Waals surface area contributed by atoms with Crippen LogP contribution in [0.2, 0.25) is 0 Å². The first kappa shape index (κ1) is 12.1. The fraction of sp³-hybridized carbons (Fsp3) is 0.182. The highest BCUT2D eigenvalue weighted by Crippen LogP contribution is 2.29. The second kappa shape index (κ2) is 4.84. The zero-order valence-corrected chi connectivity index (χ0v) is 9.48. The molecule has 0 amide bonds. The summed E-state index contributed by atoms with van der Waals surface area (Å²) < 4.78 is 1.41. The third-order valence-corrected chi connectivity index (χ3v) is 2.50. The summed E-state index contributed by atoms with van der Waals surface area (Å²) in [6.07, 6.45) is 0. The number of aromatic nitrogens is 2. The number of nitrogen functional groups attached to an aromatic ring is 1. The van der Waals surface area contributed by atoms with E-state index in [9.17, 15) is 10.1 Å². The molecule has 3 N–H and O–H groups in total. The number of nitro groups is 1. The average molecular weight is 248 g/mol. The lowest BCUT2D eigenvalue weighted by atomic mass is 10.1. The minimum absolute atomic E-state index is 0.0221. The summed E-state index contributed by atoms with van der Waals surface area (Å²) in [7, 11) is 0. The highest BCUT2D eigenvalue weighted by Gasteiger charge is 2.17. The van der Waals surface area contributed by atoms with E-state index in [0.29, 0.717) is 17.1 Å². The van der Waals surface area contributed by atoms with Crippen molar-refractivity contribution in [3.63, 3.8) is 0 Å². The number of benzene rings is 1. The predicted molar refractivity (Wildman–Crippen MR) is 65.8 cm³/mol. The molecule has 0 bridgehead atoms. The first-order valence-corrected chi connectivity index (χ1v) is 5.31. The molecule has 2 aromatic rings. The quantitative estimate of drug-likeness (QED) is 0.620. The van der Waals surface area contributed by atoms with Crippen LogP contribution in [0.3, 0.4) is 0 Å². The van der Waals surface area contributed by atoms with Gasteiger partial charge in [-0.3, -0.25) is 10.1 Å². The van der Waals surface area contributed by atoms with Gasteiger partial charge in [0.1, 0.15) is 11.5 Å². The van der Waals surface area contributed by atoms with Gasteiger partial charge in [0, 0.05) is 12.1 Å². The third kappa shape index (κ3) is 2.16. The van der Waals surface area contributed by atoms with Crippen molar-refractivity contribution in [2.45, 2.75) is 6.54 Å². The van der Waals surface area contributed by atoms with Crippen molar-refractivity contribution in [1.82, 2.24) is 9.78 Å². The van der Waals surface area contributed by atoms with Crippen molar-refractivity contribution in [2.75, 3.05) is 12.3 Å². The second-order valence-corrected chi connectivity index (χ2v) is 3.68. The SMILES string of the molecule is Nc1cc(-c2ccccc2[N+](=O)[O-])nn1CCO. The van der Waals surface area contributed by atoms with E-state index in [4.69, 9.17) is 10.8 Å². The van der Waals surface area contributed by atoms with Gasteiger partial charge in [-0.05, 0) is 6.07 Å². The van der Waals surface area contributed by atoms with Crippen LogP contribution < -0.4 is 5.73 Å². The van der Waals surface area contributed by atoms with Gasteiger partial charge < -0.3 is 10.8 Å². The van der Waals surface area contributed by atoms with Gasteiger partial charge in [0.15, 0.2) is 0 Å². The molecule has 0 radical (unpaired) electrons. The molecular formula is C11H12N4O3.